The first-order valence-electron chi connectivity index (χ1n) is 7.40. The molecule has 0 aliphatic rings. The number of benzene rings is 2. The molecule has 0 spiro atoms. The van der Waals surface area contributed by atoms with Crippen molar-refractivity contribution in [1.82, 2.24) is 0 Å². The molecule has 0 atom stereocenters. The van der Waals surface area contributed by atoms with Gasteiger partial charge in [0.2, 0.25) is 0 Å². The number of sulfonamides is 1. The topological polar surface area (TPSA) is 89.3 Å². The number of nitro benzene ring substituents is 1. The number of rotatable bonds is 4. The number of anilines is 1. The highest BCUT2D eigenvalue weighted by Gasteiger charge is 2.20. The predicted octanol–water partition coefficient (Wildman–Crippen LogP) is 4.00. The fraction of sp³-hybridized carbons (Fsp3) is 0.294. The standard InChI is InChI=1S/C17H20N2O4S/c1-12-15(6-5-7-16(12)19(20)21)18-24(22,23)14-10-8-13(9-11-14)17(2,3)4/h5-11,18H,1-4H3. The molecule has 6 nitrogen and oxygen atoms in total. The molecule has 0 aliphatic carbocycles. The van der Waals surface area contributed by atoms with Crippen molar-refractivity contribution in [3.05, 3.63) is 63.7 Å². The maximum atomic E-state index is 12.5. The second-order valence-electron chi connectivity index (χ2n) is 6.59. The van der Waals surface area contributed by atoms with E-state index in [-0.39, 0.29) is 27.2 Å². The van der Waals surface area contributed by atoms with Crippen LogP contribution in [-0.2, 0) is 15.4 Å². The van der Waals surface area contributed by atoms with Crippen LogP contribution < -0.4 is 4.72 Å². The van der Waals surface area contributed by atoms with Gasteiger partial charge in [-0.25, -0.2) is 8.42 Å². The Morgan fingerprint density at radius 1 is 1.04 bits per heavy atom. The minimum Gasteiger partial charge on any atom is -0.279 e. The molecule has 128 valence electrons. The summed E-state index contributed by atoms with van der Waals surface area (Å²) in [7, 11) is -3.81. The molecule has 0 saturated heterocycles. The van der Waals surface area contributed by atoms with Crippen molar-refractivity contribution >= 4 is 21.4 Å². The number of nitrogens with one attached hydrogen (secondary N) is 1. The van der Waals surface area contributed by atoms with E-state index in [2.05, 4.69) is 4.72 Å². The molecule has 0 saturated carbocycles. The van der Waals surface area contributed by atoms with Gasteiger partial charge in [-0.1, -0.05) is 39.0 Å². The maximum Gasteiger partial charge on any atom is 0.274 e. The Bertz CT molecular complexity index is 866. The molecule has 1 N–H and O–H groups in total. The van der Waals surface area contributed by atoms with E-state index in [9.17, 15) is 18.5 Å². The molecular formula is C17H20N2O4S. The summed E-state index contributed by atoms with van der Waals surface area (Å²) in [6.07, 6.45) is 0. The molecule has 0 aromatic heterocycles. The third-order valence-corrected chi connectivity index (χ3v) is 5.16. The highest BCUT2D eigenvalue weighted by atomic mass is 32.2. The zero-order valence-electron chi connectivity index (χ0n) is 14.0. The SMILES string of the molecule is Cc1c(NS(=O)(=O)c2ccc(C(C)(C)C)cc2)cccc1[N+](=O)[O-]. The summed E-state index contributed by atoms with van der Waals surface area (Å²) < 4.78 is 27.5. The minimum atomic E-state index is -3.81. The number of nitrogens with zero attached hydrogens (tertiary/aromatic N) is 1. The van der Waals surface area contributed by atoms with E-state index in [0.29, 0.717) is 0 Å². The Kier molecular flexibility index (Phi) is 4.66. The van der Waals surface area contributed by atoms with Gasteiger partial charge in [0.15, 0.2) is 0 Å². The quantitative estimate of drug-likeness (QED) is 0.668. The molecular weight excluding hydrogens is 328 g/mol. The first-order valence-corrected chi connectivity index (χ1v) is 8.88. The molecule has 2 aromatic carbocycles. The highest BCUT2D eigenvalue weighted by molar-refractivity contribution is 7.92. The summed E-state index contributed by atoms with van der Waals surface area (Å²) in [5, 5.41) is 11.0. The summed E-state index contributed by atoms with van der Waals surface area (Å²) in [6, 6.07) is 10.9. The molecule has 0 heterocycles. The van der Waals surface area contributed by atoms with Crippen LogP contribution in [0, 0.1) is 17.0 Å². The van der Waals surface area contributed by atoms with Crippen LogP contribution in [0.25, 0.3) is 0 Å². The highest BCUT2D eigenvalue weighted by Crippen LogP contribution is 2.28. The number of hydrogen-bond donors (Lipinski definition) is 1. The fourth-order valence-electron chi connectivity index (χ4n) is 2.27. The molecule has 2 rings (SSSR count). The van der Waals surface area contributed by atoms with Crippen LogP contribution in [0.4, 0.5) is 11.4 Å². The van der Waals surface area contributed by atoms with Crippen molar-refractivity contribution in [2.45, 2.75) is 38.0 Å². The van der Waals surface area contributed by atoms with Gasteiger partial charge < -0.3 is 0 Å². The fourth-order valence-corrected chi connectivity index (χ4v) is 3.39. The van der Waals surface area contributed by atoms with Crippen LogP contribution in [-0.4, -0.2) is 13.3 Å². The molecule has 0 radical (unpaired) electrons. The Balaban J connectivity index is 2.36. The van der Waals surface area contributed by atoms with E-state index >= 15 is 0 Å². The Hall–Kier alpha value is -2.41. The van der Waals surface area contributed by atoms with Crippen LogP contribution in [0.3, 0.4) is 0 Å². The summed E-state index contributed by atoms with van der Waals surface area (Å²) in [4.78, 5) is 10.5. The first-order chi connectivity index (χ1) is 11.0. The average Bonchev–Trinajstić information content (AvgIpc) is 2.48. The Labute approximate surface area is 141 Å². The second-order valence-corrected chi connectivity index (χ2v) is 8.27. The number of hydrogen-bond acceptors (Lipinski definition) is 4. The van der Waals surface area contributed by atoms with Gasteiger partial charge in [-0.05, 0) is 36.1 Å². The zero-order valence-corrected chi connectivity index (χ0v) is 14.8. The van der Waals surface area contributed by atoms with Gasteiger partial charge in [0.25, 0.3) is 15.7 Å². The van der Waals surface area contributed by atoms with Crippen molar-refractivity contribution in [3.63, 3.8) is 0 Å². The lowest BCUT2D eigenvalue weighted by molar-refractivity contribution is -0.385. The molecule has 24 heavy (non-hydrogen) atoms. The van der Waals surface area contributed by atoms with Crippen LogP contribution >= 0.6 is 0 Å². The van der Waals surface area contributed by atoms with Crippen molar-refractivity contribution in [1.29, 1.82) is 0 Å². The van der Waals surface area contributed by atoms with E-state index in [1.807, 2.05) is 20.8 Å². The van der Waals surface area contributed by atoms with Gasteiger partial charge in [-0.2, -0.15) is 0 Å². The van der Waals surface area contributed by atoms with Gasteiger partial charge in [0.05, 0.1) is 21.1 Å². The van der Waals surface area contributed by atoms with Crippen molar-refractivity contribution < 1.29 is 13.3 Å². The van der Waals surface area contributed by atoms with Gasteiger partial charge in [-0.15, -0.1) is 0 Å². The molecule has 0 fully saturated rings. The van der Waals surface area contributed by atoms with Crippen LogP contribution in [0.15, 0.2) is 47.4 Å². The molecule has 2 aromatic rings. The van der Waals surface area contributed by atoms with Gasteiger partial charge in [0.1, 0.15) is 0 Å². The first kappa shape index (κ1) is 17.9. The van der Waals surface area contributed by atoms with Crippen molar-refractivity contribution in [2.24, 2.45) is 0 Å². The smallest absolute Gasteiger partial charge is 0.274 e. The van der Waals surface area contributed by atoms with E-state index in [1.54, 1.807) is 12.1 Å². The van der Waals surface area contributed by atoms with Crippen LogP contribution in [0.5, 0.6) is 0 Å². The lowest BCUT2D eigenvalue weighted by atomic mass is 9.87. The third-order valence-electron chi connectivity index (χ3n) is 3.78. The molecule has 7 heteroatoms. The Morgan fingerprint density at radius 3 is 2.12 bits per heavy atom. The summed E-state index contributed by atoms with van der Waals surface area (Å²) in [6.45, 7) is 7.64. The monoisotopic (exact) mass is 348 g/mol. The molecule has 0 bridgehead atoms. The normalized spacial score (nSPS) is 12.0. The predicted molar refractivity (Wildman–Crippen MR) is 93.8 cm³/mol. The summed E-state index contributed by atoms with van der Waals surface area (Å²) >= 11 is 0. The second kappa shape index (κ2) is 6.24. The largest absolute Gasteiger partial charge is 0.279 e. The Morgan fingerprint density at radius 2 is 1.62 bits per heavy atom. The van der Waals surface area contributed by atoms with E-state index < -0.39 is 14.9 Å². The average molecular weight is 348 g/mol. The van der Waals surface area contributed by atoms with E-state index in [4.69, 9.17) is 0 Å². The maximum absolute atomic E-state index is 12.5. The van der Waals surface area contributed by atoms with E-state index in [0.717, 1.165) is 5.56 Å². The molecule has 0 amide bonds. The summed E-state index contributed by atoms with van der Waals surface area (Å²) in [5.74, 6) is 0. The lowest BCUT2D eigenvalue weighted by Gasteiger charge is -2.19. The van der Waals surface area contributed by atoms with Crippen LogP contribution in [0.2, 0.25) is 0 Å². The van der Waals surface area contributed by atoms with Crippen LogP contribution in [0.1, 0.15) is 31.9 Å². The number of nitro groups is 1. The lowest BCUT2D eigenvalue weighted by Crippen LogP contribution is -2.15. The van der Waals surface area contributed by atoms with Gasteiger partial charge in [-0.3, -0.25) is 14.8 Å². The minimum absolute atomic E-state index is 0.0770. The van der Waals surface area contributed by atoms with Crippen molar-refractivity contribution in [2.75, 3.05) is 4.72 Å². The van der Waals surface area contributed by atoms with Gasteiger partial charge in [0, 0.05) is 6.07 Å². The summed E-state index contributed by atoms with van der Waals surface area (Å²) in [5.41, 5.74) is 1.29. The molecule has 0 unspecified atom stereocenters. The molecule has 0 aliphatic heterocycles. The van der Waals surface area contributed by atoms with Gasteiger partial charge >= 0.3 is 0 Å². The van der Waals surface area contributed by atoms with E-state index in [1.165, 1.54) is 37.3 Å². The van der Waals surface area contributed by atoms with Crippen molar-refractivity contribution in [3.8, 4) is 0 Å². The zero-order chi connectivity index (χ0) is 18.1. The third kappa shape index (κ3) is 3.73.